The van der Waals surface area contributed by atoms with Gasteiger partial charge in [0.05, 0.1) is 17.6 Å². The van der Waals surface area contributed by atoms with Crippen LogP contribution in [0.1, 0.15) is 21.7 Å². The van der Waals surface area contributed by atoms with Crippen molar-refractivity contribution in [1.82, 2.24) is 0 Å². The Labute approximate surface area is 116 Å². The molecule has 0 fully saturated rings. The number of alkyl halides is 3. The average molecular weight is 302 g/mol. The molecule has 1 heterocycles. The molecule has 1 aromatic carbocycles. The highest BCUT2D eigenvalue weighted by Gasteiger charge is 2.30. The molecule has 0 aliphatic rings. The van der Waals surface area contributed by atoms with Crippen LogP contribution in [0.25, 0.3) is 0 Å². The SMILES string of the molecule is O=C(O)c1ccoc1CSc1cccc(C(F)(F)F)c1. The number of aromatic carboxylic acids is 1. The molecule has 0 aliphatic heterocycles. The molecule has 0 aliphatic carbocycles. The zero-order valence-corrected chi connectivity index (χ0v) is 10.8. The molecule has 0 spiro atoms. The molecule has 2 rings (SSSR count). The molecule has 0 unspecified atom stereocenters. The Bertz CT molecular complexity index is 619. The van der Waals surface area contributed by atoms with Crippen LogP contribution in [0.5, 0.6) is 0 Å². The number of hydrogen-bond donors (Lipinski definition) is 1. The van der Waals surface area contributed by atoms with Crippen LogP contribution >= 0.6 is 11.8 Å². The van der Waals surface area contributed by atoms with Crippen molar-refractivity contribution in [2.75, 3.05) is 0 Å². The molecule has 0 bridgehead atoms. The molecule has 1 N–H and O–H groups in total. The first-order valence-electron chi connectivity index (χ1n) is 5.47. The van der Waals surface area contributed by atoms with Crippen LogP contribution in [-0.4, -0.2) is 11.1 Å². The van der Waals surface area contributed by atoms with Crippen molar-refractivity contribution in [2.45, 2.75) is 16.8 Å². The standard InChI is InChI=1S/C13H9F3O3S/c14-13(15,16)8-2-1-3-9(6-8)20-7-11-10(12(17)18)4-5-19-11/h1-6H,7H2,(H,17,18). The summed E-state index contributed by atoms with van der Waals surface area (Å²) in [6.07, 6.45) is -3.15. The van der Waals surface area contributed by atoms with E-state index in [1.54, 1.807) is 0 Å². The molecule has 7 heteroatoms. The largest absolute Gasteiger partial charge is 0.478 e. The molecule has 0 atom stereocenters. The van der Waals surface area contributed by atoms with Crippen LogP contribution in [0.4, 0.5) is 13.2 Å². The third kappa shape index (κ3) is 3.36. The number of carboxylic acid groups (broad SMARTS) is 1. The van der Waals surface area contributed by atoms with E-state index < -0.39 is 17.7 Å². The van der Waals surface area contributed by atoms with E-state index in [1.807, 2.05) is 0 Å². The van der Waals surface area contributed by atoms with Crippen molar-refractivity contribution in [2.24, 2.45) is 0 Å². The lowest BCUT2D eigenvalue weighted by molar-refractivity contribution is -0.137. The Kier molecular flexibility index (Phi) is 4.08. The maximum atomic E-state index is 12.5. The Balaban J connectivity index is 2.11. The zero-order valence-electron chi connectivity index (χ0n) is 9.98. The summed E-state index contributed by atoms with van der Waals surface area (Å²) in [5, 5.41) is 8.88. The van der Waals surface area contributed by atoms with Gasteiger partial charge in [-0.25, -0.2) is 4.79 Å². The second-order valence-electron chi connectivity index (χ2n) is 3.88. The van der Waals surface area contributed by atoms with Gasteiger partial charge in [0.25, 0.3) is 0 Å². The lowest BCUT2D eigenvalue weighted by atomic mass is 10.2. The number of thioether (sulfide) groups is 1. The van der Waals surface area contributed by atoms with Gasteiger partial charge in [0.15, 0.2) is 0 Å². The first-order chi connectivity index (χ1) is 9.38. The summed E-state index contributed by atoms with van der Waals surface area (Å²) < 4.78 is 42.7. The summed E-state index contributed by atoms with van der Waals surface area (Å²) >= 11 is 1.08. The fraction of sp³-hybridized carbons (Fsp3) is 0.154. The van der Waals surface area contributed by atoms with E-state index in [0.29, 0.717) is 4.90 Å². The molecule has 0 radical (unpaired) electrons. The zero-order chi connectivity index (χ0) is 14.8. The molecular weight excluding hydrogens is 293 g/mol. The highest BCUT2D eigenvalue weighted by atomic mass is 32.2. The molecule has 0 amide bonds. The van der Waals surface area contributed by atoms with Crippen molar-refractivity contribution in [3.8, 4) is 0 Å². The average Bonchev–Trinajstić information content (AvgIpc) is 2.84. The number of rotatable bonds is 4. The summed E-state index contributed by atoms with van der Waals surface area (Å²) in [6.45, 7) is 0. The van der Waals surface area contributed by atoms with Crippen molar-refractivity contribution < 1.29 is 27.5 Å². The smallest absolute Gasteiger partial charge is 0.416 e. The lowest BCUT2D eigenvalue weighted by Gasteiger charge is -2.08. The maximum Gasteiger partial charge on any atom is 0.416 e. The van der Waals surface area contributed by atoms with Gasteiger partial charge in [-0.15, -0.1) is 11.8 Å². The van der Waals surface area contributed by atoms with E-state index in [0.717, 1.165) is 23.9 Å². The van der Waals surface area contributed by atoms with Crippen LogP contribution < -0.4 is 0 Å². The third-order valence-corrected chi connectivity index (χ3v) is 3.50. The van der Waals surface area contributed by atoms with Crippen molar-refractivity contribution in [1.29, 1.82) is 0 Å². The fourth-order valence-electron chi connectivity index (χ4n) is 1.55. The summed E-state index contributed by atoms with van der Waals surface area (Å²) in [7, 11) is 0. The Morgan fingerprint density at radius 2 is 2.05 bits per heavy atom. The van der Waals surface area contributed by atoms with Gasteiger partial charge < -0.3 is 9.52 Å². The number of halogens is 3. The van der Waals surface area contributed by atoms with Crippen LogP contribution in [0, 0.1) is 0 Å². The highest BCUT2D eigenvalue weighted by molar-refractivity contribution is 7.98. The second kappa shape index (κ2) is 5.62. The number of furan rings is 1. The highest BCUT2D eigenvalue weighted by Crippen LogP contribution is 2.33. The van der Waals surface area contributed by atoms with E-state index in [2.05, 4.69) is 0 Å². The number of carbonyl (C=O) groups is 1. The van der Waals surface area contributed by atoms with Gasteiger partial charge in [-0.2, -0.15) is 13.2 Å². The minimum atomic E-state index is -4.40. The molecule has 3 nitrogen and oxygen atoms in total. The number of hydrogen-bond acceptors (Lipinski definition) is 3. The molecule has 20 heavy (non-hydrogen) atoms. The predicted octanol–water partition coefficient (Wildman–Crippen LogP) is 4.29. The van der Waals surface area contributed by atoms with Crippen molar-refractivity contribution >= 4 is 17.7 Å². The van der Waals surface area contributed by atoms with E-state index in [1.165, 1.54) is 24.5 Å². The molecule has 0 saturated heterocycles. The van der Waals surface area contributed by atoms with Crippen LogP contribution in [-0.2, 0) is 11.9 Å². The van der Waals surface area contributed by atoms with Crippen LogP contribution in [0.2, 0.25) is 0 Å². The van der Waals surface area contributed by atoms with E-state index in [4.69, 9.17) is 9.52 Å². The summed E-state index contributed by atoms with van der Waals surface area (Å²) in [5.41, 5.74) is -0.718. The van der Waals surface area contributed by atoms with Gasteiger partial charge in [-0.1, -0.05) is 6.07 Å². The Morgan fingerprint density at radius 3 is 2.70 bits per heavy atom. The van der Waals surface area contributed by atoms with Crippen LogP contribution in [0.3, 0.4) is 0 Å². The number of benzene rings is 1. The van der Waals surface area contributed by atoms with Gasteiger partial charge in [0.2, 0.25) is 0 Å². The minimum absolute atomic E-state index is 0.0180. The Hall–Kier alpha value is -1.89. The Morgan fingerprint density at radius 1 is 1.30 bits per heavy atom. The molecule has 0 saturated carbocycles. The molecular formula is C13H9F3O3S. The quantitative estimate of drug-likeness (QED) is 0.856. The molecule has 2 aromatic rings. The van der Waals surface area contributed by atoms with E-state index in [-0.39, 0.29) is 17.1 Å². The third-order valence-electron chi connectivity index (χ3n) is 2.51. The summed E-state index contributed by atoms with van der Waals surface area (Å²) in [6, 6.07) is 6.16. The van der Waals surface area contributed by atoms with Crippen LogP contribution in [0.15, 0.2) is 45.9 Å². The van der Waals surface area contributed by atoms with Gasteiger partial charge in [0.1, 0.15) is 11.3 Å². The number of carboxylic acids is 1. The van der Waals surface area contributed by atoms with Gasteiger partial charge in [-0.3, -0.25) is 0 Å². The fourth-order valence-corrected chi connectivity index (χ4v) is 2.46. The monoisotopic (exact) mass is 302 g/mol. The van der Waals surface area contributed by atoms with Gasteiger partial charge in [-0.05, 0) is 24.3 Å². The topological polar surface area (TPSA) is 50.4 Å². The first kappa shape index (κ1) is 14.5. The minimum Gasteiger partial charge on any atom is -0.478 e. The maximum absolute atomic E-state index is 12.5. The van der Waals surface area contributed by atoms with E-state index in [9.17, 15) is 18.0 Å². The lowest BCUT2D eigenvalue weighted by Crippen LogP contribution is -2.04. The summed E-state index contributed by atoms with van der Waals surface area (Å²) in [5.74, 6) is -0.756. The summed E-state index contributed by atoms with van der Waals surface area (Å²) in [4.78, 5) is 11.3. The van der Waals surface area contributed by atoms with Gasteiger partial charge >= 0.3 is 12.1 Å². The molecule has 106 valence electrons. The van der Waals surface area contributed by atoms with Crippen molar-refractivity contribution in [3.05, 3.63) is 53.5 Å². The van der Waals surface area contributed by atoms with Crippen molar-refractivity contribution in [3.63, 3.8) is 0 Å². The second-order valence-corrected chi connectivity index (χ2v) is 4.93. The predicted molar refractivity (Wildman–Crippen MR) is 66.7 cm³/mol. The molecule has 1 aromatic heterocycles. The normalized spacial score (nSPS) is 11.6. The van der Waals surface area contributed by atoms with Gasteiger partial charge in [0, 0.05) is 4.90 Å². The first-order valence-corrected chi connectivity index (χ1v) is 6.46. The van der Waals surface area contributed by atoms with E-state index >= 15 is 0 Å².